The van der Waals surface area contributed by atoms with Crippen LogP contribution >= 0.6 is 11.6 Å². The summed E-state index contributed by atoms with van der Waals surface area (Å²) in [5.74, 6) is 0.379. The van der Waals surface area contributed by atoms with E-state index in [1.54, 1.807) is 12.1 Å². The zero-order valence-electron chi connectivity index (χ0n) is 10.5. The number of anilines is 1. The van der Waals surface area contributed by atoms with Gasteiger partial charge in [-0.1, -0.05) is 18.2 Å². The molecule has 0 saturated carbocycles. The van der Waals surface area contributed by atoms with Crippen molar-refractivity contribution >= 4 is 23.4 Å². The maximum absolute atomic E-state index is 11.6. The number of esters is 1. The molecule has 1 fully saturated rings. The highest BCUT2D eigenvalue weighted by atomic mass is 35.5. The van der Waals surface area contributed by atoms with Crippen molar-refractivity contribution < 1.29 is 14.3 Å². The van der Waals surface area contributed by atoms with Crippen molar-refractivity contribution in [3.8, 4) is 0 Å². The van der Waals surface area contributed by atoms with E-state index in [-0.39, 0.29) is 11.6 Å². The van der Waals surface area contributed by atoms with E-state index in [1.807, 2.05) is 0 Å². The third-order valence-corrected chi connectivity index (χ3v) is 2.79. The minimum Gasteiger partial charge on any atom is -0.456 e. The highest BCUT2D eigenvalue weighted by molar-refractivity contribution is 6.29. The number of pyridine rings is 1. The first-order valence-electron chi connectivity index (χ1n) is 5.96. The van der Waals surface area contributed by atoms with Crippen LogP contribution in [-0.2, 0) is 9.47 Å². The Labute approximate surface area is 116 Å². The van der Waals surface area contributed by atoms with Gasteiger partial charge < -0.3 is 14.4 Å². The summed E-state index contributed by atoms with van der Waals surface area (Å²) in [6.45, 7) is 6.47. The van der Waals surface area contributed by atoms with Gasteiger partial charge in [0.2, 0.25) is 0 Å². The van der Waals surface area contributed by atoms with Crippen LogP contribution in [0.3, 0.4) is 0 Å². The highest BCUT2D eigenvalue weighted by Gasteiger charge is 2.13. The third-order valence-electron chi connectivity index (χ3n) is 2.68. The van der Waals surface area contributed by atoms with Gasteiger partial charge in [-0.3, -0.25) is 0 Å². The number of halogens is 1. The number of hydrogen-bond donors (Lipinski definition) is 0. The van der Waals surface area contributed by atoms with Crippen molar-refractivity contribution in [2.24, 2.45) is 0 Å². The monoisotopic (exact) mass is 282 g/mol. The summed E-state index contributed by atoms with van der Waals surface area (Å²) in [7, 11) is 0. The quantitative estimate of drug-likeness (QED) is 0.789. The van der Waals surface area contributed by atoms with Crippen LogP contribution in [0.2, 0.25) is 0 Å². The first kappa shape index (κ1) is 13.8. The van der Waals surface area contributed by atoms with E-state index in [9.17, 15) is 4.79 Å². The summed E-state index contributed by atoms with van der Waals surface area (Å²) in [5, 5.41) is 0.284. The second kappa shape index (κ2) is 6.54. The fraction of sp³-hybridized carbons (Fsp3) is 0.385. The number of morpholine rings is 1. The van der Waals surface area contributed by atoms with Crippen molar-refractivity contribution in [1.29, 1.82) is 0 Å². The molecule has 0 bridgehead atoms. The molecular weight excluding hydrogens is 268 g/mol. The molecule has 1 aliphatic rings. The predicted molar refractivity (Wildman–Crippen MR) is 72.5 cm³/mol. The van der Waals surface area contributed by atoms with Crippen molar-refractivity contribution in [2.45, 2.75) is 0 Å². The Hall–Kier alpha value is -1.59. The van der Waals surface area contributed by atoms with Gasteiger partial charge in [0.05, 0.1) is 18.8 Å². The number of aromatic nitrogens is 1. The molecule has 6 heteroatoms. The third kappa shape index (κ3) is 3.94. The normalized spacial score (nSPS) is 15.1. The fourth-order valence-corrected chi connectivity index (χ4v) is 1.77. The zero-order chi connectivity index (χ0) is 13.7. The molecule has 0 N–H and O–H groups in total. The summed E-state index contributed by atoms with van der Waals surface area (Å²) in [6, 6.07) is 3.49. The highest BCUT2D eigenvalue weighted by Crippen LogP contribution is 2.13. The molecule has 1 aromatic heterocycles. The molecule has 102 valence electrons. The molecule has 1 aliphatic heterocycles. The van der Waals surface area contributed by atoms with E-state index in [1.165, 1.54) is 6.20 Å². The zero-order valence-corrected chi connectivity index (χ0v) is 11.2. The first-order valence-corrected chi connectivity index (χ1v) is 6.34. The van der Waals surface area contributed by atoms with Gasteiger partial charge >= 0.3 is 5.97 Å². The maximum Gasteiger partial charge on any atom is 0.340 e. The van der Waals surface area contributed by atoms with Gasteiger partial charge in [0.25, 0.3) is 0 Å². The van der Waals surface area contributed by atoms with Crippen LogP contribution in [0.15, 0.2) is 29.9 Å². The van der Waals surface area contributed by atoms with Crippen LogP contribution in [0.4, 0.5) is 5.82 Å². The van der Waals surface area contributed by atoms with Gasteiger partial charge in [0, 0.05) is 24.3 Å². The SMILES string of the molecule is C=C(Cl)COC(=O)c1ccc(N2CCOCC2)nc1. The molecule has 0 unspecified atom stereocenters. The molecule has 0 aliphatic carbocycles. The molecular formula is C13H15ClN2O3. The molecule has 2 rings (SSSR count). The molecule has 5 nitrogen and oxygen atoms in total. The molecule has 2 heterocycles. The van der Waals surface area contributed by atoms with Gasteiger partial charge in [-0.15, -0.1) is 0 Å². The van der Waals surface area contributed by atoms with E-state index in [0.29, 0.717) is 18.8 Å². The van der Waals surface area contributed by atoms with Crippen molar-refractivity contribution in [3.63, 3.8) is 0 Å². The van der Waals surface area contributed by atoms with E-state index in [2.05, 4.69) is 16.5 Å². The second-order valence-corrected chi connectivity index (χ2v) is 4.63. The smallest absolute Gasteiger partial charge is 0.340 e. The molecule has 0 amide bonds. The minimum atomic E-state index is -0.456. The van der Waals surface area contributed by atoms with Gasteiger partial charge in [0.15, 0.2) is 0 Å². The number of nitrogens with zero attached hydrogens (tertiary/aromatic N) is 2. The summed E-state index contributed by atoms with van der Waals surface area (Å²) < 4.78 is 10.2. The number of ether oxygens (including phenoxy) is 2. The Kier molecular flexibility index (Phi) is 4.76. The lowest BCUT2D eigenvalue weighted by Gasteiger charge is -2.27. The van der Waals surface area contributed by atoms with Crippen molar-refractivity contribution in [1.82, 2.24) is 4.98 Å². The van der Waals surface area contributed by atoms with Crippen molar-refractivity contribution in [3.05, 3.63) is 35.5 Å². The Morgan fingerprint density at radius 2 is 2.21 bits per heavy atom. The summed E-state index contributed by atoms with van der Waals surface area (Å²) >= 11 is 5.53. The number of carbonyl (C=O) groups is 1. The van der Waals surface area contributed by atoms with Gasteiger partial charge in [-0.25, -0.2) is 9.78 Å². The first-order chi connectivity index (χ1) is 9.16. The second-order valence-electron chi connectivity index (χ2n) is 4.10. The lowest BCUT2D eigenvalue weighted by atomic mass is 10.2. The number of carbonyl (C=O) groups excluding carboxylic acids is 1. The molecule has 0 radical (unpaired) electrons. The summed E-state index contributed by atoms with van der Waals surface area (Å²) in [6.07, 6.45) is 1.50. The van der Waals surface area contributed by atoms with E-state index in [0.717, 1.165) is 18.9 Å². The van der Waals surface area contributed by atoms with Crippen LogP contribution in [-0.4, -0.2) is 43.9 Å². The average molecular weight is 283 g/mol. The van der Waals surface area contributed by atoms with E-state index >= 15 is 0 Å². The summed E-state index contributed by atoms with van der Waals surface area (Å²) in [4.78, 5) is 18.0. The molecule has 1 saturated heterocycles. The van der Waals surface area contributed by atoms with Gasteiger partial charge in [-0.2, -0.15) is 0 Å². The number of rotatable bonds is 4. The standard InChI is InChI=1S/C13H15ClN2O3/c1-10(14)9-19-13(17)11-2-3-12(15-8-11)16-4-6-18-7-5-16/h2-3,8H,1,4-7,9H2. The molecule has 0 aromatic carbocycles. The fourth-order valence-electron chi connectivity index (χ4n) is 1.71. The molecule has 1 aromatic rings. The lowest BCUT2D eigenvalue weighted by Crippen LogP contribution is -2.36. The van der Waals surface area contributed by atoms with Crippen LogP contribution in [0, 0.1) is 0 Å². The predicted octanol–water partition coefficient (Wildman–Crippen LogP) is 1.83. The molecule has 19 heavy (non-hydrogen) atoms. The number of hydrogen-bond acceptors (Lipinski definition) is 5. The van der Waals surface area contributed by atoms with Crippen LogP contribution in [0.5, 0.6) is 0 Å². The Morgan fingerprint density at radius 3 is 2.79 bits per heavy atom. The minimum absolute atomic E-state index is 0.00556. The summed E-state index contributed by atoms with van der Waals surface area (Å²) in [5.41, 5.74) is 0.398. The van der Waals surface area contributed by atoms with E-state index < -0.39 is 5.97 Å². The Morgan fingerprint density at radius 1 is 1.47 bits per heavy atom. The van der Waals surface area contributed by atoms with Crippen LogP contribution in [0.1, 0.15) is 10.4 Å². The van der Waals surface area contributed by atoms with Gasteiger partial charge in [0.1, 0.15) is 12.4 Å². The molecule has 0 spiro atoms. The topological polar surface area (TPSA) is 51.7 Å². The van der Waals surface area contributed by atoms with Crippen molar-refractivity contribution in [2.75, 3.05) is 37.8 Å². The maximum atomic E-state index is 11.6. The molecule has 0 atom stereocenters. The van der Waals surface area contributed by atoms with Crippen LogP contribution < -0.4 is 4.90 Å². The Balaban J connectivity index is 1.97. The van der Waals surface area contributed by atoms with E-state index in [4.69, 9.17) is 21.1 Å². The Bertz CT molecular complexity index is 455. The van der Waals surface area contributed by atoms with Crippen LogP contribution in [0.25, 0.3) is 0 Å². The lowest BCUT2D eigenvalue weighted by molar-refractivity contribution is 0.0545. The largest absolute Gasteiger partial charge is 0.456 e. The average Bonchev–Trinajstić information content (AvgIpc) is 2.46. The van der Waals surface area contributed by atoms with Gasteiger partial charge in [-0.05, 0) is 12.1 Å².